The molecule has 1 aromatic heterocycles. The van der Waals surface area contributed by atoms with Gasteiger partial charge in [-0.25, -0.2) is 9.78 Å². The van der Waals surface area contributed by atoms with Crippen molar-refractivity contribution in [1.82, 2.24) is 31.6 Å². The van der Waals surface area contributed by atoms with E-state index in [1.54, 1.807) is 13.8 Å². The van der Waals surface area contributed by atoms with Gasteiger partial charge in [0.25, 0.3) is 0 Å². The molecule has 0 aromatic carbocycles. The standard InChI is InChI=1S/C32H56N6O7S/c1-17(2)11-23(25(39)12-20(7)29(41)38-27(19(5)6)31(43)33-14-18(3)4)36-30(42)24(15-34-32(44)45-10)37-28(40)21(8)13-26-35-22(9)16-46-26/h16-21,23-25,27,39H,11-15H2,1-10H3,(H,33,43)(H,34,44)(H,36,42)(H,37,40)(H,38,41). The fourth-order valence-electron chi connectivity index (χ4n) is 4.61. The van der Waals surface area contributed by atoms with Crippen LogP contribution in [0.15, 0.2) is 5.38 Å². The van der Waals surface area contributed by atoms with Gasteiger partial charge in [-0.15, -0.1) is 11.3 Å². The lowest BCUT2D eigenvalue weighted by atomic mass is 9.91. The number of aryl methyl sites for hydroxylation is 1. The van der Waals surface area contributed by atoms with E-state index in [-0.39, 0.29) is 42.5 Å². The Hall–Kier alpha value is -3.26. The first-order chi connectivity index (χ1) is 21.4. The highest BCUT2D eigenvalue weighted by atomic mass is 32.1. The van der Waals surface area contributed by atoms with Crippen LogP contribution in [0.1, 0.15) is 78.9 Å². The Labute approximate surface area is 277 Å². The van der Waals surface area contributed by atoms with E-state index in [0.717, 1.165) is 10.7 Å². The molecule has 6 atom stereocenters. The minimum Gasteiger partial charge on any atom is -0.453 e. The summed E-state index contributed by atoms with van der Waals surface area (Å²) >= 11 is 1.45. The van der Waals surface area contributed by atoms with Crippen LogP contribution in [0, 0.1) is 36.5 Å². The number of aliphatic hydroxyl groups excluding tert-OH is 1. The highest BCUT2D eigenvalue weighted by Crippen LogP contribution is 2.17. The summed E-state index contributed by atoms with van der Waals surface area (Å²) in [5.41, 5.74) is 0.862. The van der Waals surface area contributed by atoms with Crippen molar-refractivity contribution in [1.29, 1.82) is 0 Å². The fourth-order valence-corrected chi connectivity index (χ4v) is 5.52. The number of ether oxygens (including phenoxy) is 1. The highest BCUT2D eigenvalue weighted by Gasteiger charge is 2.32. The number of hydrogen-bond donors (Lipinski definition) is 6. The second-order valence-corrected chi connectivity index (χ2v) is 14.2. The van der Waals surface area contributed by atoms with E-state index in [4.69, 9.17) is 0 Å². The lowest BCUT2D eigenvalue weighted by Crippen LogP contribution is -2.57. The molecule has 14 heteroatoms. The molecular formula is C32H56N6O7S. The van der Waals surface area contributed by atoms with Gasteiger partial charge in [0.2, 0.25) is 23.6 Å². The van der Waals surface area contributed by atoms with Crippen LogP contribution < -0.4 is 26.6 Å². The number of carbonyl (C=O) groups is 5. The maximum Gasteiger partial charge on any atom is 0.406 e. The third-order valence-corrected chi connectivity index (χ3v) is 8.34. The molecule has 1 heterocycles. The highest BCUT2D eigenvalue weighted by molar-refractivity contribution is 7.09. The number of carbonyl (C=O) groups excluding carboxylic acids is 5. The number of alkyl carbamates (subject to hydrolysis) is 1. The molecule has 262 valence electrons. The molecule has 0 aliphatic carbocycles. The number of methoxy groups -OCH3 is 1. The summed E-state index contributed by atoms with van der Waals surface area (Å²) in [7, 11) is 1.19. The van der Waals surface area contributed by atoms with E-state index in [1.165, 1.54) is 18.4 Å². The minimum absolute atomic E-state index is 0.0175. The molecule has 1 aromatic rings. The van der Waals surface area contributed by atoms with Gasteiger partial charge in [0.05, 0.1) is 30.8 Å². The van der Waals surface area contributed by atoms with Crippen LogP contribution in [-0.4, -0.2) is 84.2 Å². The van der Waals surface area contributed by atoms with E-state index in [2.05, 4.69) is 36.3 Å². The lowest BCUT2D eigenvalue weighted by molar-refractivity contribution is -0.133. The average Bonchev–Trinajstić information content (AvgIpc) is 3.39. The Morgan fingerprint density at radius 2 is 1.43 bits per heavy atom. The van der Waals surface area contributed by atoms with Crippen molar-refractivity contribution in [2.24, 2.45) is 29.6 Å². The van der Waals surface area contributed by atoms with Gasteiger partial charge in [-0.3, -0.25) is 19.2 Å². The lowest BCUT2D eigenvalue weighted by Gasteiger charge is -2.30. The van der Waals surface area contributed by atoms with E-state index < -0.39 is 54.0 Å². The molecule has 0 fully saturated rings. The average molecular weight is 669 g/mol. The minimum atomic E-state index is -1.16. The molecular weight excluding hydrogens is 612 g/mol. The molecule has 0 radical (unpaired) electrons. The summed E-state index contributed by atoms with van der Waals surface area (Å²) in [6.45, 7) is 17.0. The third kappa shape index (κ3) is 14.9. The van der Waals surface area contributed by atoms with Gasteiger partial charge >= 0.3 is 6.09 Å². The monoisotopic (exact) mass is 668 g/mol. The van der Waals surface area contributed by atoms with Gasteiger partial charge in [0.15, 0.2) is 0 Å². The molecule has 0 bridgehead atoms. The van der Waals surface area contributed by atoms with Crippen LogP contribution in [0.5, 0.6) is 0 Å². The van der Waals surface area contributed by atoms with Gasteiger partial charge in [0.1, 0.15) is 12.1 Å². The molecule has 0 aliphatic rings. The van der Waals surface area contributed by atoms with Gasteiger partial charge in [-0.05, 0) is 37.5 Å². The maximum atomic E-state index is 13.5. The Morgan fingerprint density at radius 1 is 0.804 bits per heavy atom. The van der Waals surface area contributed by atoms with Crippen LogP contribution in [-0.2, 0) is 30.3 Å². The molecule has 1 rings (SSSR count). The number of amides is 5. The smallest absolute Gasteiger partial charge is 0.406 e. The van der Waals surface area contributed by atoms with Crippen LogP contribution >= 0.6 is 11.3 Å². The Balaban J connectivity index is 3.00. The van der Waals surface area contributed by atoms with Gasteiger partial charge < -0.3 is 36.4 Å². The summed E-state index contributed by atoms with van der Waals surface area (Å²) < 4.78 is 4.63. The van der Waals surface area contributed by atoms with Crippen molar-refractivity contribution in [2.45, 2.75) is 106 Å². The number of nitrogens with zero attached hydrogens (tertiary/aromatic N) is 1. The Kier molecular flexibility index (Phi) is 17.8. The molecule has 13 nitrogen and oxygen atoms in total. The van der Waals surface area contributed by atoms with Crippen molar-refractivity contribution < 1.29 is 33.8 Å². The molecule has 46 heavy (non-hydrogen) atoms. The SMILES string of the molecule is COC(=O)NCC(NC(=O)C(C)Cc1nc(C)cs1)C(=O)NC(CC(C)C)C(O)CC(C)C(=O)NC(C(=O)NCC(C)C)C(C)C. The van der Waals surface area contributed by atoms with Crippen LogP contribution in [0.25, 0.3) is 0 Å². The zero-order chi connectivity index (χ0) is 35.1. The number of thiazole rings is 1. The van der Waals surface area contributed by atoms with Crippen molar-refractivity contribution in [3.63, 3.8) is 0 Å². The van der Waals surface area contributed by atoms with Crippen molar-refractivity contribution >= 4 is 41.1 Å². The van der Waals surface area contributed by atoms with Crippen LogP contribution in [0.2, 0.25) is 0 Å². The number of rotatable bonds is 19. The predicted octanol–water partition coefficient (Wildman–Crippen LogP) is 2.30. The molecule has 0 aliphatic heterocycles. The summed E-state index contributed by atoms with van der Waals surface area (Å²) in [4.78, 5) is 68.6. The largest absolute Gasteiger partial charge is 0.453 e. The normalized spacial score (nSPS) is 15.3. The number of aliphatic hydroxyl groups is 1. The first kappa shape index (κ1) is 40.8. The summed E-state index contributed by atoms with van der Waals surface area (Å²) in [5.74, 6) is -2.65. The molecule has 6 N–H and O–H groups in total. The quantitative estimate of drug-likeness (QED) is 0.130. The van der Waals surface area contributed by atoms with Crippen LogP contribution in [0.3, 0.4) is 0 Å². The predicted molar refractivity (Wildman–Crippen MR) is 178 cm³/mol. The second kappa shape index (κ2) is 20.1. The number of hydrogen-bond acceptors (Lipinski definition) is 9. The summed E-state index contributed by atoms with van der Waals surface area (Å²) in [6.07, 6.45) is -1.09. The topological polar surface area (TPSA) is 188 Å². The maximum absolute atomic E-state index is 13.5. The van der Waals surface area contributed by atoms with Gasteiger partial charge in [-0.1, -0.05) is 55.4 Å². The van der Waals surface area contributed by atoms with E-state index in [1.807, 2.05) is 53.8 Å². The molecule has 0 saturated carbocycles. The summed E-state index contributed by atoms with van der Waals surface area (Å²) in [6, 6.07) is -2.65. The Morgan fingerprint density at radius 3 is 1.96 bits per heavy atom. The van der Waals surface area contributed by atoms with Gasteiger partial charge in [-0.2, -0.15) is 0 Å². The zero-order valence-electron chi connectivity index (χ0n) is 29.1. The van der Waals surface area contributed by atoms with Crippen molar-refractivity contribution in [3.05, 3.63) is 16.1 Å². The van der Waals surface area contributed by atoms with E-state index >= 15 is 0 Å². The van der Waals surface area contributed by atoms with E-state index in [0.29, 0.717) is 19.4 Å². The van der Waals surface area contributed by atoms with Crippen LogP contribution in [0.4, 0.5) is 4.79 Å². The fraction of sp³-hybridized carbons (Fsp3) is 0.750. The van der Waals surface area contributed by atoms with Crippen molar-refractivity contribution in [3.8, 4) is 0 Å². The van der Waals surface area contributed by atoms with Gasteiger partial charge in [0, 0.05) is 35.9 Å². The second-order valence-electron chi connectivity index (χ2n) is 13.2. The molecule has 5 amide bonds. The van der Waals surface area contributed by atoms with Crippen molar-refractivity contribution in [2.75, 3.05) is 20.2 Å². The number of nitrogens with one attached hydrogen (secondary N) is 5. The first-order valence-corrected chi connectivity index (χ1v) is 16.9. The zero-order valence-corrected chi connectivity index (χ0v) is 29.9. The Bertz CT molecular complexity index is 1140. The number of aromatic nitrogens is 1. The molecule has 0 spiro atoms. The first-order valence-electron chi connectivity index (χ1n) is 16.0. The third-order valence-electron chi connectivity index (χ3n) is 7.36. The molecule has 0 saturated heterocycles. The van der Waals surface area contributed by atoms with E-state index in [9.17, 15) is 29.1 Å². The molecule has 6 unspecified atom stereocenters. The summed E-state index contributed by atoms with van der Waals surface area (Å²) in [5, 5.41) is 27.6.